The lowest BCUT2D eigenvalue weighted by Crippen LogP contribution is -2.67. The van der Waals surface area contributed by atoms with Gasteiger partial charge in [-0.1, -0.05) is 364 Å². The van der Waals surface area contributed by atoms with Gasteiger partial charge < -0.3 is 40.8 Å². The normalized spacial score (nSPS) is 35.0. The predicted octanol–water partition coefficient (Wildman–Crippen LogP) is 26.1. The van der Waals surface area contributed by atoms with Crippen LogP contribution in [0.15, 0.2) is 182 Å². The highest BCUT2D eigenvalue weighted by atomic mass is 28.4. The first-order valence-corrected chi connectivity index (χ1v) is 69.3. The number of ether oxygens (including phenoxy) is 3. The van der Waals surface area contributed by atoms with Gasteiger partial charge in [0.25, 0.3) is 25.0 Å². The Bertz CT molecular complexity index is 4900. The number of hydrogen-bond donors (Lipinski definition) is 0. The van der Waals surface area contributed by atoms with Gasteiger partial charge in [0.15, 0.2) is 25.7 Å². The maximum atomic E-state index is 14.3. The summed E-state index contributed by atoms with van der Waals surface area (Å²) >= 11 is 0. The van der Waals surface area contributed by atoms with Crippen molar-refractivity contribution in [2.75, 3.05) is 19.8 Å². The Hall–Kier alpha value is -6.20. The summed E-state index contributed by atoms with van der Waals surface area (Å²) in [5, 5.41) is 6.09. The van der Waals surface area contributed by atoms with Crippen molar-refractivity contribution in [2.24, 2.45) is 102 Å². The number of esters is 3. The molecular formula is C124H192O15Si6. The van der Waals surface area contributed by atoms with Gasteiger partial charge in [0, 0.05) is 53.3 Å². The fraction of sp³-hybridized carbons (Fsp3) is 0.661. The smallest absolute Gasteiger partial charge is 0.331 e. The van der Waals surface area contributed by atoms with E-state index in [1.165, 1.54) is 0 Å². The van der Waals surface area contributed by atoms with Gasteiger partial charge in [0.2, 0.25) is 0 Å². The molecule has 802 valence electrons. The van der Waals surface area contributed by atoms with Crippen molar-refractivity contribution in [1.29, 1.82) is 0 Å². The van der Waals surface area contributed by atoms with Crippen molar-refractivity contribution in [2.45, 2.75) is 401 Å². The molecule has 9 saturated carbocycles. The Labute approximate surface area is 884 Å². The summed E-state index contributed by atoms with van der Waals surface area (Å²) in [6.45, 7) is 63.8. The van der Waals surface area contributed by atoms with E-state index in [1.807, 2.05) is 36.4 Å². The van der Waals surface area contributed by atoms with Crippen LogP contribution >= 0.6 is 0 Å². The number of ketones is 3. The van der Waals surface area contributed by atoms with Gasteiger partial charge in [-0.25, -0.2) is 14.4 Å². The van der Waals surface area contributed by atoms with Gasteiger partial charge in [0.05, 0.1) is 18.3 Å². The van der Waals surface area contributed by atoms with Crippen LogP contribution in [0.1, 0.15) is 298 Å². The molecule has 15 nitrogen and oxygen atoms in total. The number of Topliss-reactive ketones (excluding diaryl/α,β-unsaturated/α-hetero) is 3. The molecular weight excluding hydrogens is 1900 g/mol. The third-order valence-electron chi connectivity index (χ3n) is 40.5. The molecule has 3 unspecified atom stereocenters. The zero-order valence-corrected chi connectivity index (χ0v) is 97.6. The number of fused-ring (bicyclic) bond motifs is 2. The molecule has 17 rings (SSSR count). The molecule has 6 bridgehead atoms. The van der Waals surface area contributed by atoms with Gasteiger partial charge in [-0.15, -0.1) is 0 Å². The van der Waals surface area contributed by atoms with E-state index in [2.05, 4.69) is 337 Å². The van der Waals surface area contributed by atoms with E-state index in [4.69, 9.17) is 40.8 Å². The van der Waals surface area contributed by atoms with E-state index in [-0.39, 0.29) is 193 Å². The van der Waals surface area contributed by atoms with Gasteiger partial charge >= 0.3 is 17.9 Å². The highest BCUT2D eigenvalue weighted by molar-refractivity contribution is 7.01. The highest BCUT2D eigenvalue weighted by Gasteiger charge is 2.75. The van der Waals surface area contributed by atoms with Gasteiger partial charge in [-0.3, -0.25) is 14.4 Å². The molecule has 145 heavy (non-hydrogen) atoms. The van der Waals surface area contributed by atoms with Crippen LogP contribution in [0.5, 0.6) is 0 Å². The van der Waals surface area contributed by atoms with Crippen LogP contribution in [0.3, 0.4) is 0 Å². The Morgan fingerprint density at radius 2 is 0.669 bits per heavy atom. The minimum atomic E-state index is -2.93. The maximum Gasteiger partial charge on any atom is 0.331 e. The van der Waals surface area contributed by atoms with Crippen molar-refractivity contribution < 1.29 is 69.5 Å². The summed E-state index contributed by atoms with van der Waals surface area (Å²) in [5.74, 6) is 1.51. The monoisotopic (exact) mass is 2090 g/mol. The van der Waals surface area contributed by atoms with Gasteiger partial charge in [0.1, 0.15) is 55.5 Å². The van der Waals surface area contributed by atoms with Crippen LogP contribution in [-0.4, -0.2) is 142 Å². The molecule has 9 aliphatic carbocycles. The summed E-state index contributed by atoms with van der Waals surface area (Å²) in [7, 11) is -13.9. The van der Waals surface area contributed by atoms with Crippen LogP contribution < -0.4 is 31.1 Å². The van der Waals surface area contributed by atoms with Gasteiger partial charge in [-0.05, 0) is 262 Å². The predicted molar refractivity (Wildman–Crippen MR) is 611 cm³/mol. The molecule has 0 N–H and O–H groups in total. The fourth-order valence-corrected chi connectivity index (χ4v) is 52.3. The van der Waals surface area contributed by atoms with Crippen LogP contribution in [0, 0.1) is 102 Å². The summed E-state index contributed by atoms with van der Waals surface area (Å²) in [4.78, 5) is 85.2. The van der Waals surface area contributed by atoms with Crippen LogP contribution in [0.2, 0.25) is 66.5 Å². The lowest BCUT2D eigenvalue weighted by Gasteiger charge is -2.64. The van der Waals surface area contributed by atoms with Crippen molar-refractivity contribution in [3.63, 3.8) is 0 Å². The third-order valence-corrected chi connectivity index (χ3v) is 61.0. The van der Waals surface area contributed by atoms with Crippen molar-refractivity contribution in [3.05, 3.63) is 182 Å². The molecule has 2 saturated heterocycles. The molecule has 6 aromatic rings. The summed E-state index contributed by atoms with van der Waals surface area (Å²) in [5.41, 5.74) is -2.12. The second-order valence-electron chi connectivity index (χ2n) is 52.5. The largest absolute Gasteiger partial charge is 0.460 e. The number of hydrogen-bond acceptors (Lipinski definition) is 15. The minimum absolute atomic E-state index is 0. The Balaban J connectivity index is 0.000000204. The fourth-order valence-electron chi connectivity index (χ4n) is 32.3. The van der Waals surface area contributed by atoms with Crippen LogP contribution in [0.4, 0.5) is 0 Å². The molecule has 0 radical (unpaired) electrons. The van der Waals surface area contributed by atoms with E-state index >= 15 is 0 Å². The standard InChI is InChI=1S/2C40H58O5Si2.C40H60O5Si2.4CH4/c1-28-20-22-40-23-21-32(41)35(40)39(28,7)33(26-38(6)24-25-46(8,9)45-36(38)29(40)2)44-34(42)27-43-47(37(3,4)5,30-16-12-10-13-17-30)31-18-14-11-15-19-31;1-10-38(6)25-33(39(7)28(2)21-23-40(24-22-32(41)35(39)40)31-27-46(8,9)45-36(31)38)44-34(42)26-43-47(37(3,4)5,29-17-13-11-14-18-29)30-19-15-12-16-20-30;1-11-38(7)26-33(39(8)28(2)22-24-40(25-23-32(41)35(39)40)29(3)36(38)45-46(9)10)44-34(42)27-43-47(37(4,5)6,30-18-14-12-15-19-30)31-20-16-13-17-21-31;;;;/h10-19,28-29,33,35-36H,20-27H2,1-9H3;11-20,28,31,33,35-36H,10,21-27H2,1-9H3;12-21,28-29,33,35-36,46H,11,22-27H2,1-10H3;4*1H4/t28-,29+,33-,35?,36+,38+,39+,40+;28-,31+,33-,35?,36+,38+,39+,40+;28-,29+,33-,35?,36+,38+,39+,40+;;;;/m111..../s1. The summed E-state index contributed by atoms with van der Waals surface area (Å²) < 4.78 is 62.8. The van der Waals surface area contributed by atoms with E-state index in [1.54, 1.807) is 0 Å². The SMILES string of the molecule is C.C.C.C.CC[C@@]1(C)C[C@@H](OC(=O)CO[Si](c2ccccc2)(c2ccccc2)C(C)(C)C)[C@@]2(C)C3C(=O)CC[C@@]3(CC[C@H]2C)[C@@H](C)[C@@H]1O[SiH](C)C.CC[C@@]1(C)C[C@@H](OC(=O)CO[Si](c2ccccc2)(c2ccccc2)C(C)(C)C)[C@@]2(C)C3C(=O)CC[C@@]3(CC[C@H]2C)[C@H]2C[Si](C)(C)O[C@@H]21.C[C@@H]1CC[C@@]23CCC(=O)C2[C@]1(C)[C@H](OC(=O)CO[Si](c1ccccc1)(c1ccccc1)C(C)(C)C)C[C@]1(C)CC[Si](C)(C)O[C@H]1[C@@H]3C. The number of carbonyl (C=O) groups excluding carboxylic acids is 6. The van der Waals surface area contributed by atoms with Crippen molar-refractivity contribution in [1.82, 2.24) is 0 Å². The topological polar surface area (TPSA) is 185 Å². The van der Waals surface area contributed by atoms with E-state index < -0.39 is 73.0 Å². The minimum Gasteiger partial charge on any atom is -0.460 e. The second kappa shape index (κ2) is 44.1. The Morgan fingerprint density at radius 3 is 0.979 bits per heavy atom. The molecule has 0 aromatic heterocycles. The summed E-state index contributed by atoms with van der Waals surface area (Å²) in [6, 6.07) is 64.9. The summed E-state index contributed by atoms with van der Waals surface area (Å²) in [6.07, 6.45) is 15.0. The molecule has 11 fully saturated rings. The second-order valence-corrected chi connectivity index (χ2v) is 76.2. The van der Waals surface area contributed by atoms with E-state index in [0.29, 0.717) is 55.4 Å². The molecule has 0 spiro atoms. The maximum absolute atomic E-state index is 14.3. The highest BCUT2D eigenvalue weighted by Crippen LogP contribution is 2.74. The molecule has 2 heterocycles. The van der Waals surface area contributed by atoms with Crippen LogP contribution in [0.25, 0.3) is 0 Å². The zero-order chi connectivity index (χ0) is 103. The van der Waals surface area contributed by atoms with E-state index in [9.17, 15) is 28.8 Å². The lowest BCUT2D eigenvalue weighted by molar-refractivity contribution is -0.213. The lowest BCUT2D eigenvalue weighted by atomic mass is 9.43. The van der Waals surface area contributed by atoms with Gasteiger partial charge in [-0.2, -0.15) is 0 Å². The Morgan fingerprint density at radius 1 is 0.386 bits per heavy atom. The molecule has 11 aliphatic rings. The first kappa shape index (κ1) is 119. The quantitative estimate of drug-likeness (QED) is 0.0355. The van der Waals surface area contributed by atoms with Crippen molar-refractivity contribution in [3.8, 4) is 0 Å². The third kappa shape index (κ3) is 20.8. The average Bonchev–Trinajstić information content (AvgIpc) is 1.62. The molecule has 24 atom stereocenters. The number of carbonyl (C=O) groups is 6. The van der Waals surface area contributed by atoms with Crippen LogP contribution in [-0.2, 0) is 69.5 Å². The first-order valence-electron chi connectivity index (χ1n) is 54.5. The first-order chi connectivity index (χ1) is 66.1. The molecule has 2 aliphatic heterocycles. The Kier molecular flexibility index (Phi) is 36.2. The molecule has 21 heteroatoms. The van der Waals surface area contributed by atoms with Crippen molar-refractivity contribution >= 4 is 117 Å². The average molecular weight is 2090 g/mol. The zero-order valence-electron chi connectivity index (χ0n) is 91.4. The number of rotatable bonds is 22. The number of benzene rings is 6. The van der Waals surface area contributed by atoms with E-state index in [0.717, 1.165) is 127 Å². The molecule has 0 amide bonds. The molecule has 6 aromatic carbocycles.